The Morgan fingerprint density at radius 3 is 2.18 bits per heavy atom. The van der Waals surface area contributed by atoms with Crippen molar-refractivity contribution >= 4 is 50.7 Å². The minimum absolute atomic E-state index is 0.0959. The molecule has 0 spiro atoms. The normalized spacial score (nSPS) is 12.4. The van der Waals surface area contributed by atoms with Gasteiger partial charge >= 0.3 is 0 Å². The fourth-order valence-corrected chi connectivity index (χ4v) is 4.63. The van der Waals surface area contributed by atoms with Crippen LogP contribution < -0.4 is 9.62 Å². The van der Waals surface area contributed by atoms with E-state index >= 15 is 0 Å². The SMILES string of the molecule is Cc1ccc(CN(C(=O)CN(c2ccc(Cl)cc2Cl)S(C)(=O)=O)[C@@H](C)C(=O)NCC(C)C)cc1. The van der Waals surface area contributed by atoms with Crippen LogP contribution in [0.25, 0.3) is 0 Å². The lowest BCUT2D eigenvalue weighted by molar-refractivity contribution is -0.139. The zero-order valence-electron chi connectivity index (χ0n) is 20.0. The van der Waals surface area contributed by atoms with Crippen molar-refractivity contribution in [3.8, 4) is 0 Å². The van der Waals surface area contributed by atoms with Gasteiger partial charge in [0.1, 0.15) is 12.6 Å². The van der Waals surface area contributed by atoms with Crippen LogP contribution in [0.4, 0.5) is 5.69 Å². The van der Waals surface area contributed by atoms with E-state index in [1.165, 1.54) is 23.1 Å². The molecule has 2 amide bonds. The van der Waals surface area contributed by atoms with Crippen LogP contribution in [0.15, 0.2) is 42.5 Å². The van der Waals surface area contributed by atoms with Crippen molar-refractivity contribution in [2.45, 2.75) is 40.3 Å². The van der Waals surface area contributed by atoms with Crippen LogP contribution in [0.5, 0.6) is 0 Å². The van der Waals surface area contributed by atoms with Crippen LogP contribution in [0.1, 0.15) is 31.9 Å². The average molecular weight is 529 g/mol. The van der Waals surface area contributed by atoms with E-state index in [9.17, 15) is 18.0 Å². The minimum atomic E-state index is -3.87. The Morgan fingerprint density at radius 1 is 1.03 bits per heavy atom. The summed E-state index contributed by atoms with van der Waals surface area (Å²) in [5.41, 5.74) is 2.01. The van der Waals surface area contributed by atoms with Crippen molar-refractivity contribution < 1.29 is 18.0 Å². The molecule has 7 nitrogen and oxygen atoms in total. The highest BCUT2D eigenvalue weighted by Gasteiger charge is 2.30. The van der Waals surface area contributed by atoms with Gasteiger partial charge in [0.05, 0.1) is 17.0 Å². The first-order chi connectivity index (χ1) is 15.8. The van der Waals surface area contributed by atoms with E-state index < -0.39 is 28.5 Å². The second kappa shape index (κ2) is 11.9. The lowest BCUT2D eigenvalue weighted by Gasteiger charge is -2.32. The fraction of sp³-hybridized carbons (Fsp3) is 0.417. The van der Waals surface area contributed by atoms with Crippen LogP contribution in [0.2, 0.25) is 10.0 Å². The van der Waals surface area contributed by atoms with Crippen molar-refractivity contribution in [1.29, 1.82) is 0 Å². The van der Waals surface area contributed by atoms with Crippen molar-refractivity contribution in [3.63, 3.8) is 0 Å². The van der Waals surface area contributed by atoms with Crippen molar-refractivity contribution in [2.24, 2.45) is 5.92 Å². The highest BCUT2D eigenvalue weighted by Crippen LogP contribution is 2.30. The van der Waals surface area contributed by atoms with E-state index in [2.05, 4.69) is 5.32 Å². The first-order valence-electron chi connectivity index (χ1n) is 10.8. The maximum atomic E-state index is 13.5. The number of aryl methyl sites for hydroxylation is 1. The van der Waals surface area contributed by atoms with Gasteiger partial charge in [0, 0.05) is 18.1 Å². The summed E-state index contributed by atoms with van der Waals surface area (Å²) >= 11 is 12.2. The summed E-state index contributed by atoms with van der Waals surface area (Å²) in [6.07, 6.45) is 0.994. The van der Waals surface area contributed by atoms with Gasteiger partial charge in [-0.2, -0.15) is 0 Å². The summed E-state index contributed by atoms with van der Waals surface area (Å²) in [5, 5.41) is 3.28. The number of carbonyl (C=O) groups excluding carboxylic acids is 2. The molecule has 1 atom stereocenters. The molecule has 2 rings (SSSR count). The molecule has 0 unspecified atom stereocenters. The molecule has 0 fully saturated rings. The molecule has 186 valence electrons. The number of amides is 2. The summed E-state index contributed by atoms with van der Waals surface area (Å²) in [6.45, 7) is 7.61. The minimum Gasteiger partial charge on any atom is -0.354 e. The molecule has 1 N–H and O–H groups in total. The average Bonchev–Trinajstić information content (AvgIpc) is 2.74. The van der Waals surface area contributed by atoms with Crippen LogP contribution in [0.3, 0.4) is 0 Å². The van der Waals surface area contributed by atoms with E-state index in [4.69, 9.17) is 23.2 Å². The van der Waals surface area contributed by atoms with E-state index in [1.54, 1.807) is 6.92 Å². The standard InChI is InChI=1S/C24H31Cl2N3O4S/c1-16(2)13-27-24(31)18(4)28(14-19-8-6-17(3)7-9-19)23(30)15-29(34(5,32)33)22-11-10-20(25)12-21(22)26/h6-12,16,18H,13-15H2,1-5H3,(H,27,31)/t18-/m0/s1. The van der Waals surface area contributed by atoms with Gasteiger partial charge < -0.3 is 10.2 Å². The second-order valence-electron chi connectivity index (χ2n) is 8.69. The summed E-state index contributed by atoms with van der Waals surface area (Å²) < 4.78 is 26.1. The third-order valence-corrected chi connectivity index (χ3v) is 6.85. The topological polar surface area (TPSA) is 86.8 Å². The predicted molar refractivity (Wildman–Crippen MR) is 138 cm³/mol. The van der Waals surface area contributed by atoms with E-state index in [-0.39, 0.29) is 29.1 Å². The summed E-state index contributed by atoms with van der Waals surface area (Å²) in [5.74, 6) is -0.612. The number of carbonyl (C=O) groups is 2. The molecule has 0 aliphatic carbocycles. The third-order valence-electron chi connectivity index (χ3n) is 5.18. The Balaban J connectivity index is 2.39. The molecule has 0 radical (unpaired) electrons. The number of hydrogen-bond acceptors (Lipinski definition) is 4. The largest absolute Gasteiger partial charge is 0.354 e. The number of anilines is 1. The molecule has 34 heavy (non-hydrogen) atoms. The molecular weight excluding hydrogens is 497 g/mol. The zero-order chi connectivity index (χ0) is 25.6. The second-order valence-corrected chi connectivity index (χ2v) is 11.4. The number of rotatable bonds is 10. The molecule has 2 aromatic rings. The molecular formula is C24H31Cl2N3O4S. The Morgan fingerprint density at radius 2 is 1.65 bits per heavy atom. The molecule has 10 heteroatoms. The molecule has 2 aromatic carbocycles. The Hall–Kier alpha value is -2.29. The van der Waals surface area contributed by atoms with Crippen molar-refractivity contribution in [2.75, 3.05) is 23.7 Å². The smallest absolute Gasteiger partial charge is 0.244 e. The lowest BCUT2D eigenvalue weighted by Crippen LogP contribution is -2.51. The third kappa shape index (κ3) is 7.89. The molecule has 0 aliphatic heterocycles. The lowest BCUT2D eigenvalue weighted by atomic mass is 10.1. The molecule has 0 saturated carbocycles. The van der Waals surface area contributed by atoms with Gasteiger partial charge in [0.15, 0.2) is 0 Å². The van der Waals surface area contributed by atoms with Gasteiger partial charge in [-0.3, -0.25) is 13.9 Å². The van der Waals surface area contributed by atoms with E-state index in [0.717, 1.165) is 21.7 Å². The van der Waals surface area contributed by atoms with Crippen LogP contribution in [-0.4, -0.2) is 50.5 Å². The van der Waals surface area contributed by atoms with E-state index in [1.807, 2.05) is 45.0 Å². The van der Waals surface area contributed by atoms with Crippen LogP contribution in [0, 0.1) is 12.8 Å². The fourth-order valence-electron chi connectivity index (χ4n) is 3.20. The van der Waals surface area contributed by atoms with Gasteiger partial charge in [0.2, 0.25) is 21.8 Å². The molecule has 0 saturated heterocycles. The Kier molecular flexibility index (Phi) is 9.79. The van der Waals surface area contributed by atoms with Crippen LogP contribution >= 0.6 is 23.2 Å². The van der Waals surface area contributed by atoms with Gasteiger partial charge in [-0.05, 0) is 43.5 Å². The maximum absolute atomic E-state index is 13.5. The van der Waals surface area contributed by atoms with Gasteiger partial charge in [-0.1, -0.05) is 66.9 Å². The maximum Gasteiger partial charge on any atom is 0.244 e. The molecule has 0 aliphatic rings. The number of sulfonamides is 1. The van der Waals surface area contributed by atoms with Gasteiger partial charge in [-0.25, -0.2) is 8.42 Å². The summed E-state index contributed by atoms with van der Waals surface area (Å²) in [7, 11) is -3.87. The molecule has 0 aromatic heterocycles. The quantitative estimate of drug-likeness (QED) is 0.500. The summed E-state index contributed by atoms with van der Waals surface area (Å²) in [4.78, 5) is 27.7. The number of nitrogens with one attached hydrogen (secondary N) is 1. The first kappa shape index (κ1) is 28.0. The number of benzene rings is 2. The van der Waals surface area contributed by atoms with Gasteiger partial charge in [0.25, 0.3) is 0 Å². The molecule has 0 bridgehead atoms. The first-order valence-corrected chi connectivity index (χ1v) is 13.5. The summed E-state index contributed by atoms with van der Waals surface area (Å²) in [6, 6.07) is 11.1. The highest BCUT2D eigenvalue weighted by molar-refractivity contribution is 7.92. The van der Waals surface area contributed by atoms with Crippen molar-refractivity contribution in [1.82, 2.24) is 10.2 Å². The van der Waals surface area contributed by atoms with Crippen LogP contribution in [-0.2, 0) is 26.2 Å². The number of hydrogen-bond donors (Lipinski definition) is 1. The highest BCUT2D eigenvalue weighted by atomic mass is 35.5. The van der Waals surface area contributed by atoms with Crippen molar-refractivity contribution in [3.05, 3.63) is 63.6 Å². The van der Waals surface area contributed by atoms with Gasteiger partial charge in [-0.15, -0.1) is 0 Å². The Bertz CT molecular complexity index is 1120. The molecule has 0 heterocycles. The Labute approximate surface area is 212 Å². The monoisotopic (exact) mass is 527 g/mol. The van der Waals surface area contributed by atoms with E-state index in [0.29, 0.717) is 11.6 Å². The number of halogens is 2. The zero-order valence-corrected chi connectivity index (χ0v) is 22.3. The predicted octanol–water partition coefficient (Wildman–Crippen LogP) is 4.26. The number of nitrogens with zero attached hydrogens (tertiary/aromatic N) is 2.